The SMILES string of the molecule is C1COCCO1.CCCCCCCC. The third-order valence-electron chi connectivity index (χ3n) is 2.20. The van der Waals surface area contributed by atoms with Crippen LogP contribution in [-0.4, -0.2) is 26.4 Å². The van der Waals surface area contributed by atoms with Gasteiger partial charge in [0.15, 0.2) is 0 Å². The molecule has 0 aromatic carbocycles. The molecule has 1 aliphatic rings. The Morgan fingerprint density at radius 2 is 1.00 bits per heavy atom. The topological polar surface area (TPSA) is 18.5 Å². The molecule has 0 amide bonds. The normalized spacial score (nSPS) is 15.9. The minimum atomic E-state index is 0.778. The summed E-state index contributed by atoms with van der Waals surface area (Å²) >= 11 is 0. The Balaban J connectivity index is 0.000000249. The van der Waals surface area contributed by atoms with E-state index in [0.717, 1.165) is 26.4 Å². The van der Waals surface area contributed by atoms with E-state index in [1.807, 2.05) is 0 Å². The van der Waals surface area contributed by atoms with Gasteiger partial charge in [0.25, 0.3) is 0 Å². The van der Waals surface area contributed by atoms with Gasteiger partial charge in [0.05, 0.1) is 26.4 Å². The molecule has 0 aromatic heterocycles. The van der Waals surface area contributed by atoms with Gasteiger partial charge in [-0.1, -0.05) is 52.4 Å². The molecule has 1 saturated heterocycles. The first-order valence-corrected chi connectivity index (χ1v) is 6.07. The molecule has 1 aliphatic heterocycles. The lowest BCUT2D eigenvalue weighted by molar-refractivity contribution is -0.0334. The lowest BCUT2D eigenvalue weighted by Gasteiger charge is -2.09. The highest BCUT2D eigenvalue weighted by Crippen LogP contribution is 2.03. The van der Waals surface area contributed by atoms with Gasteiger partial charge < -0.3 is 9.47 Å². The van der Waals surface area contributed by atoms with Crippen molar-refractivity contribution in [2.24, 2.45) is 0 Å². The minimum absolute atomic E-state index is 0.778. The van der Waals surface area contributed by atoms with Crippen molar-refractivity contribution < 1.29 is 9.47 Å². The van der Waals surface area contributed by atoms with Gasteiger partial charge in [0.2, 0.25) is 0 Å². The van der Waals surface area contributed by atoms with Crippen LogP contribution in [0.4, 0.5) is 0 Å². The molecule has 1 heterocycles. The standard InChI is InChI=1S/C8H18.C4H8O2/c1-3-5-7-8-6-4-2;1-2-6-4-3-5-1/h3-8H2,1-2H3;1-4H2. The van der Waals surface area contributed by atoms with Crippen molar-refractivity contribution in [3.05, 3.63) is 0 Å². The van der Waals surface area contributed by atoms with Crippen molar-refractivity contribution in [2.75, 3.05) is 26.4 Å². The summed E-state index contributed by atoms with van der Waals surface area (Å²) in [5.74, 6) is 0. The van der Waals surface area contributed by atoms with Crippen molar-refractivity contribution in [1.82, 2.24) is 0 Å². The van der Waals surface area contributed by atoms with E-state index in [4.69, 9.17) is 9.47 Å². The summed E-state index contributed by atoms with van der Waals surface area (Å²) < 4.78 is 9.89. The van der Waals surface area contributed by atoms with Crippen molar-refractivity contribution in [1.29, 1.82) is 0 Å². The number of ether oxygens (including phenoxy) is 2. The van der Waals surface area contributed by atoms with Crippen molar-refractivity contribution in [3.8, 4) is 0 Å². The Labute approximate surface area is 89.0 Å². The summed E-state index contributed by atoms with van der Waals surface area (Å²) in [6.45, 7) is 7.62. The zero-order chi connectivity index (χ0) is 10.5. The van der Waals surface area contributed by atoms with E-state index in [-0.39, 0.29) is 0 Å². The second-order valence-electron chi connectivity index (χ2n) is 3.64. The molecule has 0 aliphatic carbocycles. The van der Waals surface area contributed by atoms with Gasteiger partial charge in [-0.05, 0) is 0 Å². The third kappa shape index (κ3) is 11.9. The van der Waals surface area contributed by atoms with Crippen LogP contribution in [0.25, 0.3) is 0 Å². The first-order valence-electron chi connectivity index (χ1n) is 6.07. The van der Waals surface area contributed by atoms with Crippen molar-refractivity contribution >= 4 is 0 Å². The number of rotatable bonds is 5. The number of hydrogen-bond acceptors (Lipinski definition) is 2. The monoisotopic (exact) mass is 202 g/mol. The molecule has 2 nitrogen and oxygen atoms in total. The maximum Gasteiger partial charge on any atom is 0.0701 e. The number of hydrogen-bond donors (Lipinski definition) is 0. The Kier molecular flexibility index (Phi) is 12.8. The van der Waals surface area contributed by atoms with E-state index in [1.54, 1.807) is 0 Å². The van der Waals surface area contributed by atoms with Crippen LogP contribution in [0, 0.1) is 0 Å². The second-order valence-corrected chi connectivity index (χ2v) is 3.64. The quantitative estimate of drug-likeness (QED) is 0.636. The minimum Gasteiger partial charge on any atom is -0.377 e. The highest BCUT2D eigenvalue weighted by molar-refractivity contribution is 4.39. The van der Waals surface area contributed by atoms with Crippen LogP contribution in [0.1, 0.15) is 52.4 Å². The molecule has 1 fully saturated rings. The first-order chi connectivity index (χ1) is 6.91. The molecule has 0 N–H and O–H groups in total. The van der Waals surface area contributed by atoms with E-state index in [2.05, 4.69) is 13.8 Å². The smallest absolute Gasteiger partial charge is 0.0701 e. The summed E-state index contributed by atoms with van der Waals surface area (Å²) in [5, 5.41) is 0. The van der Waals surface area contributed by atoms with Crippen LogP contribution in [0.3, 0.4) is 0 Å². The largest absolute Gasteiger partial charge is 0.377 e. The summed E-state index contributed by atoms with van der Waals surface area (Å²) in [5.41, 5.74) is 0. The van der Waals surface area contributed by atoms with Gasteiger partial charge in [-0.25, -0.2) is 0 Å². The van der Waals surface area contributed by atoms with Crippen LogP contribution in [0.2, 0.25) is 0 Å². The Morgan fingerprint density at radius 1 is 0.643 bits per heavy atom. The second kappa shape index (κ2) is 12.9. The van der Waals surface area contributed by atoms with Crippen LogP contribution in [0.15, 0.2) is 0 Å². The molecule has 14 heavy (non-hydrogen) atoms. The fourth-order valence-corrected chi connectivity index (χ4v) is 1.29. The molecule has 1 rings (SSSR count). The summed E-state index contributed by atoms with van der Waals surface area (Å²) in [4.78, 5) is 0. The van der Waals surface area contributed by atoms with Gasteiger partial charge in [0, 0.05) is 0 Å². The van der Waals surface area contributed by atoms with E-state index in [9.17, 15) is 0 Å². The molecule has 0 saturated carbocycles. The molecule has 0 atom stereocenters. The molecule has 2 heteroatoms. The summed E-state index contributed by atoms with van der Waals surface area (Å²) in [6.07, 6.45) is 8.49. The predicted octanol–water partition coefficient (Wildman–Crippen LogP) is 3.40. The zero-order valence-electron chi connectivity index (χ0n) is 9.89. The van der Waals surface area contributed by atoms with Crippen LogP contribution >= 0.6 is 0 Å². The van der Waals surface area contributed by atoms with Crippen LogP contribution in [-0.2, 0) is 9.47 Å². The van der Waals surface area contributed by atoms with Crippen molar-refractivity contribution in [3.63, 3.8) is 0 Å². The molecule has 0 spiro atoms. The summed E-state index contributed by atoms with van der Waals surface area (Å²) in [6, 6.07) is 0. The zero-order valence-corrected chi connectivity index (χ0v) is 9.89. The van der Waals surface area contributed by atoms with E-state index in [1.165, 1.54) is 38.5 Å². The Hall–Kier alpha value is -0.0800. The van der Waals surface area contributed by atoms with Crippen LogP contribution in [0.5, 0.6) is 0 Å². The summed E-state index contributed by atoms with van der Waals surface area (Å²) in [7, 11) is 0. The molecular formula is C12H26O2. The van der Waals surface area contributed by atoms with E-state index < -0.39 is 0 Å². The fourth-order valence-electron chi connectivity index (χ4n) is 1.29. The molecule has 86 valence electrons. The van der Waals surface area contributed by atoms with E-state index >= 15 is 0 Å². The molecule has 0 radical (unpaired) electrons. The Morgan fingerprint density at radius 3 is 1.21 bits per heavy atom. The maximum atomic E-state index is 4.94. The van der Waals surface area contributed by atoms with Gasteiger partial charge in [-0.15, -0.1) is 0 Å². The average molecular weight is 202 g/mol. The van der Waals surface area contributed by atoms with Gasteiger partial charge in [0.1, 0.15) is 0 Å². The average Bonchev–Trinajstić information content (AvgIpc) is 2.28. The first kappa shape index (κ1) is 13.9. The number of unbranched alkanes of at least 4 members (excludes halogenated alkanes) is 5. The lowest BCUT2D eigenvalue weighted by atomic mass is 10.1. The van der Waals surface area contributed by atoms with Gasteiger partial charge in [-0.3, -0.25) is 0 Å². The van der Waals surface area contributed by atoms with Gasteiger partial charge >= 0.3 is 0 Å². The predicted molar refractivity (Wildman–Crippen MR) is 60.7 cm³/mol. The molecular weight excluding hydrogens is 176 g/mol. The highest BCUT2D eigenvalue weighted by Gasteiger charge is 1.94. The van der Waals surface area contributed by atoms with Crippen molar-refractivity contribution in [2.45, 2.75) is 52.4 Å². The molecule has 0 bridgehead atoms. The Bertz CT molecular complexity index is 72.8. The molecule has 0 unspecified atom stereocenters. The maximum absolute atomic E-state index is 4.94. The van der Waals surface area contributed by atoms with Gasteiger partial charge in [-0.2, -0.15) is 0 Å². The third-order valence-corrected chi connectivity index (χ3v) is 2.20. The molecule has 0 aromatic rings. The van der Waals surface area contributed by atoms with Crippen LogP contribution < -0.4 is 0 Å². The lowest BCUT2D eigenvalue weighted by Crippen LogP contribution is -2.16. The van der Waals surface area contributed by atoms with E-state index in [0.29, 0.717) is 0 Å². The fraction of sp³-hybridized carbons (Fsp3) is 1.00. The highest BCUT2D eigenvalue weighted by atomic mass is 16.6.